The highest BCUT2D eigenvalue weighted by Gasteiger charge is 2.05. The van der Waals surface area contributed by atoms with Crippen LogP contribution in [0.15, 0.2) is 12.3 Å². The first kappa shape index (κ1) is 8.26. The van der Waals surface area contributed by atoms with Gasteiger partial charge in [-0.1, -0.05) is 11.6 Å². The Morgan fingerprint density at radius 2 is 2.38 bits per heavy atom. The highest BCUT2D eigenvalue weighted by Crippen LogP contribution is 2.22. The van der Waals surface area contributed by atoms with Gasteiger partial charge in [-0.25, -0.2) is 4.98 Å². The van der Waals surface area contributed by atoms with Crippen molar-refractivity contribution in [2.24, 2.45) is 0 Å². The minimum Gasteiger partial charge on any atom is -0.352 e. The maximum Gasteiger partial charge on any atom is 0.166 e. The van der Waals surface area contributed by atoms with Gasteiger partial charge in [-0.05, 0) is 13.0 Å². The number of aromatic amines is 1. The summed E-state index contributed by atoms with van der Waals surface area (Å²) in [6.07, 6.45) is 2.42. The summed E-state index contributed by atoms with van der Waals surface area (Å²) in [7, 11) is 0. The van der Waals surface area contributed by atoms with Crippen molar-refractivity contribution in [2.75, 3.05) is 0 Å². The number of hydrogen-bond donors (Lipinski definition) is 1. The van der Waals surface area contributed by atoms with Crippen molar-refractivity contribution < 1.29 is 4.79 Å². The molecule has 0 radical (unpaired) electrons. The SMILES string of the molecule is Cc1c(Cl)ncc2cc(C=O)[nH]c12. The Balaban J connectivity index is 2.83. The predicted molar refractivity (Wildman–Crippen MR) is 51.2 cm³/mol. The minimum absolute atomic E-state index is 0.465. The van der Waals surface area contributed by atoms with Crippen molar-refractivity contribution >= 4 is 28.8 Å². The lowest BCUT2D eigenvalue weighted by atomic mass is 10.2. The fourth-order valence-corrected chi connectivity index (χ4v) is 1.44. The molecule has 3 nitrogen and oxygen atoms in total. The van der Waals surface area contributed by atoms with Crippen molar-refractivity contribution in [1.82, 2.24) is 9.97 Å². The molecule has 0 aromatic carbocycles. The molecule has 0 amide bonds. The zero-order chi connectivity index (χ0) is 9.42. The molecular formula is C9H7ClN2O. The predicted octanol–water partition coefficient (Wildman–Crippen LogP) is 2.34. The molecule has 0 unspecified atom stereocenters. The number of carbonyl (C=O) groups is 1. The van der Waals surface area contributed by atoms with Gasteiger partial charge < -0.3 is 4.98 Å². The van der Waals surface area contributed by atoms with Crippen LogP contribution in [-0.4, -0.2) is 16.3 Å². The summed E-state index contributed by atoms with van der Waals surface area (Å²) in [4.78, 5) is 17.4. The molecular weight excluding hydrogens is 188 g/mol. The molecule has 2 rings (SSSR count). The van der Waals surface area contributed by atoms with Crippen LogP contribution in [0.4, 0.5) is 0 Å². The van der Waals surface area contributed by atoms with Gasteiger partial charge in [-0.2, -0.15) is 0 Å². The highest BCUT2D eigenvalue weighted by molar-refractivity contribution is 6.30. The van der Waals surface area contributed by atoms with Crippen molar-refractivity contribution in [3.05, 3.63) is 28.7 Å². The average Bonchev–Trinajstić information content (AvgIpc) is 2.55. The van der Waals surface area contributed by atoms with Crippen LogP contribution in [0.2, 0.25) is 5.15 Å². The van der Waals surface area contributed by atoms with E-state index in [1.165, 1.54) is 0 Å². The molecule has 0 fully saturated rings. The second-order valence-electron chi connectivity index (χ2n) is 2.85. The number of rotatable bonds is 1. The molecule has 1 N–H and O–H groups in total. The van der Waals surface area contributed by atoms with Crippen LogP contribution in [0, 0.1) is 6.92 Å². The summed E-state index contributed by atoms with van der Waals surface area (Å²) < 4.78 is 0. The second-order valence-corrected chi connectivity index (χ2v) is 3.20. The number of H-pyrrole nitrogens is 1. The van der Waals surface area contributed by atoms with Gasteiger partial charge in [0.25, 0.3) is 0 Å². The van der Waals surface area contributed by atoms with Crippen LogP contribution >= 0.6 is 11.6 Å². The lowest BCUT2D eigenvalue weighted by molar-refractivity contribution is 0.112. The molecule has 0 aliphatic rings. The van der Waals surface area contributed by atoms with Crippen LogP contribution in [0.25, 0.3) is 10.9 Å². The lowest BCUT2D eigenvalue weighted by Crippen LogP contribution is -1.82. The Kier molecular flexibility index (Phi) is 1.81. The Morgan fingerprint density at radius 3 is 3.08 bits per heavy atom. The smallest absolute Gasteiger partial charge is 0.166 e. The van der Waals surface area contributed by atoms with Gasteiger partial charge in [0.15, 0.2) is 6.29 Å². The summed E-state index contributed by atoms with van der Waals surface area (Å²) in [6.45, 7) is 1.86. The minimum atomic E-state index is 0.465. The fourth-order valence-electron chi connectivity index (χ4n) is 1.29. The average molecular weight is 195 g/mol. The number of hydrogen-bond acceptors (Lipinski definition) is 2. The van der Waals surface area contributed by atoms with Crippen LogP contribution in [0.1, 0.15) is 16.1 Å². The molecule has 2 aromatic heterocycles. The number of nitrogens with zero attached hydrogens (tertiary/aromatic N) is 1. The number of pyridine rings is 1. The summed E-state index contributed by atoms with van der Waals surface area (Å²) in [6, 6.07) is 1.75. The third-order valence-corrected chi connectivity index (χ3v) is 2.38. The topological polar surface area (TPSA) is 45.8 Å². The molecule has 0 saturated carbocycles. The number of fused-ring (bicyclic) bond motifs is 1. The van der Waals surface area contributed by atoms with Crippen molar-refractivity contribution in [3.63, 3.8) is 0 Å². The third-order valence-electron chi connectivity index (χ3n) is 2.00. The Morgan fingerprint density at radius 1 is 1.62 bits per heavy atom. The Hall–Kier alpha value is -1.35. The van der Waals surface area contributed by atoms with Gasteiger partial charge in [-0.3, -0.25) is 4.79 Å². The molecule has 0 aliphatic heterocycles. The van der Waals surface area contributed by atoms with E-state index in [9.17, 15) is 4.79 Å². The standard InChI is InChI=1S/C9H7ClN2O/c1-5-8-6(3-11-9(5)10)2-7(4-13)12-8/h2-4,12H,1H3. The first-order chi connectivity index (χ1) is 6.22. The third kappa shape index (κ3) is 1.21. The van der Waals surface area contributed by atoms with Gasteiger partial charge in [0.1, 0.15) is 5.15 Å². The van der Waals surface area contributed by atoms with Gasteiger partial charge >= 0.3 is 0 Å². The van der Waals surface area contributed by atoms with Gasteiger partial charge in [0, 0.05) is 17.1 Å². The number of nitrogens with one attached hydrogen (secondary N) is 1. The van der Waals surface area contributed by atoms with Crippen LogP contribution in [0.3, 0.4) is 0 Å². The van der Waals surface area contributed by atoms with Gasteiger partial charge in [0.05, 0.1) is 11.2 Å². The van der Waals surface area contributed by atoms with Gasteiger partial charge in [0.2, 0.25) is 0 Å². The molecule has 0 atom stereocenters. The first-order valence-corrected chi connectivity index (χ1v) is 4.19. The molecule has 0 spiro atoms. The maximum atomic E-state index is 10.5. The number of aryl methyl sites for hydroxylation is 1. The summed E-state index contributed by atoms with van der Waals surface area (Å²) in [5.74, 6) is 0. The molecule has 13 heavy (non-hydrogen) atoms. The Bertz CT molecular complexity index is 476. The number of carbonyl (C=O) groups excluding carboxylic acids is 1. The maximum absolute atomic E-state index is 10.5. The summed E-state index contributed by atoms with van der Waals surface area (Å²) in [5.41, 5.74) is 2.29. The molecule has 2 heterocycles. The van der Waals surface area contributed by atoms with E-state index >= 15 is 0 Å². The van der Waals surface area contributed by atoms with Crippen molar-refractivity contribution in [1.29, 1.82) is 0 Å². The first-order valence-electron chi connectivity index (χ1n) is 3.81. The van der Waals surface area contributed by atoms with Crippen LogP contribution < -0.4 is 0 Å². The van der Waals surface area contributed by atoms with E-state index in [4.69, 9.17) is 11.6 Å². The Labute approximate surface area is 79.7 Å². The molecule has 4 heteroatoms. The van der Waals surface area contributed by atoms with E-state index in [0.29, 0.717) is 10.8 Å². The number of aldehydes is 1. The number of aromatic nitrogens is 2. The second kappa shape index (κ2) is 2.85. The van der Waals surface area contributed by atoms with Crippen LogP contribution in [0.5, 0.6) is 0 Å². The number of halogens is 1. The van der Waals surface area contributed by atoms with E-state index in [1.54, 1.807) is 12.3 Å². The van der Waals surface area contributed by atoms with Crippen LogP contribution in [-0.2, 0) is 0 Å². The van der Waals surface area contributed by atoms with E-state index in [0.717, 1.165) is 22.8 Å². The quantitative estimate of drug-likeness (QED) is 0.560. The van der Waals surface area contributed by atoms with E-state index in [1.807, 2.05) is 6.92 Å². The van der Waals surface area contributed by atoms with Gasteiger partial charge in [-0.15, -0.1) is 0 Å². The van der Waals surface area contributed by atoms with Crippen molar-refractivity contribution in [3.8, 4) is 0 Å². The molecule has 0 aliphatic carbocycles. The van der Waals surface area contributed by atoms with E-state index in [2.05, 4.69) is 9.97 Å². The largest absolute Gasteiger partial charge is 0.352 e. The monoisotopic (exact) mass is 194 g/mol. The molecule has 2 aromatic rings. The zero-order valence-electron chi connectivity index (χ0n) is 6.97. The van der Waals surface area contributed by atoms with E-state index in [-0.39, 0.29) is 0 Å². The fraction of sp³-hybridized carbons (Fsp3) is 0.111. The van der Waals surface area contributed by atoms with Crippen molar-refractivity contribution in [2.45, 2.75) is 6.92 Å². The normalized spacial score (nSPS) is 10.6. The molecule has 0 saturated heterocycles. The molecule has 0 bridgehead atoms. The van der Waals surface area contributed by atoms with E-state index < -0.39 is 0 Å². The summed E-state index contributed by atoms with van der Waals surface area (Å²) in [5, 5.41) is 1.37. The lowest BCUT2D eigenvalue weighted by Gasteiger charge is -1.96. The molecule has 66 valence electrons. The zero-order valence-corrected chi connectivity index (χ0v) is 7.72. The highest BCUT2D eigenvalue weighted by atomic mass is 35.5. The summed E-state index contributed by atoms with van der Waals surface area (Å²) >= 11 is 5.82.